The summed E-state index contributed by atoms with van der Waals surface area (Å²) in [6, 6.07) is 10.6. The number of nitrogens with one attached hydrogen (secondary N) is 1. The van der Waals surface area contributed by atoms with Gasteiger partial charge in [0.1, 0.15) is 11.6 Å². The summed E-state index contributed by atoms with van der Waals surface area (Å²) < 4.78 is 6.63. The van der Waals surface area contributed by atoms with Crippen molar-refractivity contribution < 1.29 is 14.3 Å². The van der Waals surface area contributed by atoms with E-state index in [0.717, 1.165) is 17.0 Å². The molecule has 25 heavy (non-hydrogen) atoms. The van der Waals surface area contributed by atoms with Crippen molar-refractivity contribution in [3.05, 3.63) is 53.3 Å². The number of amides is 1. The second-order valence-corrected chi connectivity index (χ2v) is 7.07. The topological polar surface area (TPSA) is 73.2 Å². The number of benzene rings is 1. The normalized spacial score (nSPS) is 12.5. The van der Waals surface area contributed by atoms with Crippen molar-refractivity contribution in [1.29, 1.82) is 0 Å². The summed E-state index contributed by atoms with van der Waals surface area (Å²) in [6.45, 7) is 8.97. The predicted octanol–water partition coefficient (Wildman–Crippen LogP) is 3.28. The molecular weight excluding hydrogens is 318 g/mol. The van der Waals surface area contributed by atoms with Crippen LogP contribution >= 0.6 is 0 Å². The van der Waals surface area contributed by atoms with Gasteiger partial charge in [-0.25, -0.2) is 9.48 Å². The molecule has 0 unspecified atom stereocenters. The summed E-state index contributed by atoms with van der Waals surface area (Å²) >= 11 is 0. The standard InChI is InChI=1S/C19H25N3O3/c1-13-11-14(2)22(21-13)17(23)16(12-15-9-7-6-8-10-15)20-18(24)25-19(3,4)5/h6-11,16H,12H2,1-5H3,(H,20,24)/t16-/m0/s1. The lowest BCUT2D eigenvalue weighted by molar-refractivity contribution is 0.0480. The van der Waals surface area contributed by atoms with Crippen LogP contribution in [0.3, 0.4) is 0 Å². The number of ether oxygens (including phenoxy) is 1. The number of aryl methyl sites for hydroxylation is 2. The number of hydrogen-bond donors (Lipinski definition) is 1. The first kappa shape index (κ1) is 18.7. The molecule has 1 aromatic heterocycles. The minimum Gasteiger partial charge on any atom is -0.444 e. The molecule has 0 aliphatic rings. The smallest absolute Gasteiger partial charge is 0.408 e. The van der Waals surface area contributed by atoms with E-state index in [4.69, 9.17) is 4.74 Å². The molecular formula is C19H25N3O3. The Balaban J connectivity index is 2.23. The van der Waals surface area contributed by atoms with Gasteiger partial charge in [0.25, 0.3) is 5.91 Å². The maximum atomic E-state index is 12.9. The van der Waals surface area contributed by atoms with Crippen molar-refractivity contribution in [3.8, 4) is 0 Å². The van der Waals surface area contributed by atoms with Crippen LogP contribution in [-0.4, -0.2) is 33.4 Å². The average Bonchev–Trinajstić information content (AvgIpc) is 2.83. The molecule has 0 aliphatic carbocycles. The molecule has 134 valence electrons. The van der Waals surface area contributed by atoms with E-state index in [2.05, 4.69) is 10.4 Å². The maximum Gasteiger partial charge on any atom is 0.408 e. The molecule has 6 nitrogen and oxygen atoms in total. The molecule has 0 fully saturated rings. The number of carbonyl (C=O) groups excluding carboxylic acids is 2. The summed E-state index contributed by atoms with van der Waals surface area (Å²) in [4.78, 5) is 25.1. The van der Waals surface area contributed by atoms with Gasteiger partial charge in [-0.2, -0.15) is 5.10 Å². The molecule has 0 aliphatic heterocycles. The third kappa shape index (κ3) is 5.45. The van der Waals surface area contributed by atoms with Gasteiger partial charge in [0.15, 0.2) is 0 Å². The molecule has 0 spiro atoms. The molecule has 0 bridgehead atoms. The number of nitrogens with zero attached hydrogens (tertiary/aromatic N) is 2. The second kappa shape index (κ2) is 7.51. The number of rotatable bonds is 4. The zero-order valence-corrected chi connectivity index (χ0v) is 15.4. The Morgan fingerprint density at radius 3 is 2.36 bits per heavy atom. The predicted molar refractivity (Wildman–Crippen MR) is 95.6 cm³/mol. The third-order valence-corrected chi connectivity index (χ3v) is 3.49. The largest absolute Gasteiger partial charge is 0.444 e. The summed E-state index contributed by atoms with van der Waals surface area (Å²) in [7, 11) is 0. The number of carbonyl (C=O) groups is 2. The van der Waals surface area contributed by atoms with E-state index in [-0.39, 0.29) is 5.91 Å². The highest BCUT2D eigenvalue weighted by atomic mass is 16.6. The Morgan fingerprint density at radius 2 is 1.84 bits per heavy atom. The lowest BCUT2D eigenvalue weighted by atomic mass is 10.1. The van der Waals surface area contributed by atoms with E-state index in [1.807, 2.05) is 50.2 Å². The first-order valence-corrected chi connectivity index (χ1v) is 8.26. The number of hydrogen-bond acceptors (Lipinski definition) is 4. The van der Waals surface area contributed by atoms with Crippen LogP contribution in [0.5, 0.6) is 0 Å². The molecule has 0 saturated carbocycles. The molecule has 1 N–H and O–H groups in total. The van der Waals surface area contributed by atoms with Crippen LogP contribution in [0.2, 0.25) is 0 Å². The van der Waals surface area contributed by atoms with E-state index in [0.29, 0.717) is 6.42 Å². The van der Waals surface area contributed by atoms with Gasteiger partial charge >= 0.3 is 6.09 Å². The monoisotopic (exact) mass is 343 g/mol. The van der Waals surface area contributed by atoms with Crippen molar-refractivity contribution in [3.63, 3.8) is 0 Å². The minimum absolute atomic E-state index is 0.291. The fraction of sp³-hybridized carbons (Fsp3) is 0.421. The molecule has 1 atom stereocenters. The lowest BCUT2D eigenvalue weighted by Crippen LogP contribution is -2.47. The van der Waals surface area contributed by atoms with E-state index in [1.54, 1.807) is 20.8 Å². The van der Waals surface area contributed by atoms with Crippen molar-refractivity contribution in [2.45, 2.75) is 52.7 Å². The summed E-state index contributed by atoms with van der Waals surface area (Å²) in [6.07, 6.45) is -0.264. The Hall–Kier alpha value is -2.63. The summed E-state index contributed by atoms with van der Waals surface area (Å²) in [5.74, 6) is -0.291. The Kier molecular flexibility index (Phi) is 5.62. The molecule has 2 rings (SSSR count). The van der Waals surface area contributed by atoms with Crippen LogP contribution in [0, 0.1) is 13.8 Å². The van der Waals surface area contributed by atoms with Crippen LogP contribution in [0.4, 0.5) is 4.79 Å². The zero-order valence-electron chi connectivity index (χ0n) is 15.4. The van der Waals surface area contributed by atoms with Gasteiger partial charge in [-0.3, -0.25) is 4.79 Å². The van der Waals surface area contributed by atoms with Gasteiger partial charge in [0.2, 0.25) is 0 Å². The zero-order chi connectivity index (χ0) is 18.6. The van der Waals surface area contributed by atoms with Gasteiger partial charge in [0, 0.05) is 12.1 Å². The van der Waals surface area contributed by atoms with Crippen molar-refractivity contribution >= 4 is 12.0 Å². The lowest BCUT2D eigenvalue weighted by Gasteiger charge is -2.23. The second-order valence-electron chi connectivity index (χ2n) is 7.07. The molecule has 1 aromatic carbocycles. The van der Waals surface area contributed by atoms with E-state index < -0.39 is 17.7 Å². The van der Waals surface area contributed by atoms with Crippen LogP contribution < -0.4 is 5.32 Å². The van der Waals surface area contributed by atoms with E-state index in [9.17, 15) is 9.59 Å². The highest BCUT2D eigenvalue weighted by Gasteiger charge is 2.27. The van der Waals surface area contributed by atoms with Crippen LogP contribution in [0.1, 0.15) is 42.5 Å². The Labute approximate surface area is 148 Å². The first-order chi connectivity index (χ1) is 11.7. The maximum absolute atomic E-state index is 12.9. The van der Waals surface area contributed by atoms with Crippen LogP contribution in [0.25, 0.3) is 0 Å². The summed E-state index contributed by atoms with van der Waals surface area (Å²) in [5, 5.41) is 6.91. The van der Waals surface area contributed by atoms with Gasteiger partial charge in [0.05, 0.1) is 5.69 Å². The molecule has 2 aromatic rings. The Bertz CT molecular complexity index is 745. The quantitative estimate of drug-likeness (QED) is 0.924. The molecule has 6 heteroatoms. The molecule has 1 amide bonds. The van der Waals surface area contributed by atoms with Gasteiger partial charge in [-0.1, -0.05) is 30.3 Å². The highest BCUT2D eigenvalue weighted by Crippen LogP contribution is 2.11. The summed E-state index contributed by atoms with van der Waals surface area (Å²) in [5.41, 5.74) is 1.79. The van der Waals surface area contributed by atoms with Gasteiger partial charge in [-0.15, -0.1) is 0 Å². The number of alkyl carbamates (subject to hydrolysis) is 1. The number of aromatic nitrogens is 2. The average molecular weight is 343 g/mol. The van der Waals surface area contributed by atoms with Crippen LogP contribution in [-0.2, 0) is 11.2 Å². The first-order valence-electron chi connectivity index (χ1n) is 8.26. The van der Waals surface area contributed by atoms with Crippen LogP contribution in [0.15, 0.2) is 36.4 Å². The van der Waals surface area contributed by atoms with E-state index >= 15 is 0 Å². The van der Waals surface area contributed by atoms with Crippen molar-refractivity contribution in [1.82, 2.24) is 15.1 Å². The third-order valence-electron chi connectivity index (χ3n) is 3.49. The fourth-order valence-electron chi connectivity index (χ4n) is 2.50. The highest BCUT2D eigenvalue weighted by molar-refractivity contribution is 5.87. The molecule has 0 saturated heterocycles. The molecule has 1 heterocycles. The minimum atomic E-state index is -0.768. The SMILES string of the molecule is Cc1cc(C)n(C(=O)[C@H](Cc2ccccc2)NC(=O)OC(C)(C)C)n1. The van der Waals surface area contributed by atoms with Crippen molar-refractivity contribution in [2.75, 3.05) is 0 Å². The fourth-order valence-corrected chi connectivity index (χ4v) is 2.50. The Morgan fingerprint density at radius 1 is 1.20 bits per heavy atom. The van der Waals surface area contributed by atoms with Gasteiger partial charge < -0.3 is 10.1 Å². The molecule has 0 radical (unpaired) electrons. The van der Waals surface area contributed by atoms with E-state index in [1.165, 1.54) is 4.68 Å². The van der Waals surface area contributed by atoms with Crippen molar-refractivity contribution in [2.24, 2.45) is 0 Å². The van der Waals surface area contributed by atoms with Gasteiger partial charge in [-0.05, 0) is 46.2 Å².